The number of unbranched alkanes of at least 4 members (excludes halogenated alkanes) is 3. The van der Waals surface area contributed by atoms with E-state index in [-0.39, 0.29) is 18.4 Å². The highest BCUT2D eigenvalue weighted by atomic mass is 16.5. The van der Waals surface area contributed by atoms with Gasteiger partial charge < -0.3 is 19.1 Å². The van der Waals surface area contributed by atoms with Gasteiger partial charge in [-0.15, -0.1) is 0 Å². The second-order valence-electron chi connectivity index (χ2n) is 11.0. The van der Waals surface area contributed by atoms with Crippen LogP contribution in [0, 0.1) is 5.92 Å². The Morgan fingerprint density at radius 1 is 0.850 bits per heavy atom. The number of carbonyl (C=O) groups is 2. The molecule has 6 heteroatoms. The summed E-state index contributed by atoms with van der Waals surface area (Å²) in [6.07, 6.45) is 7.65. The zero-order valence-corrected chi connectivity index (χ0v) is 24.9. The van der Waals surface area contributed by atoms with E-state index in [1.807, 2.05) is 59.5 Å². The predicted molar refractivity (Wildman–Crippen MR) is 162 cm³/mol. The Hall–Kier alpha value is -3.54. The number of aromatic nitrogens is 1. The molecule has 3 aromatic rings. The zero-order valence-electron chi connectivity index (χ0n) is 24.9. The second kappa shape index (κ2) is 16.5. The Bertz CT molecular complexity index is 1170. The van der Waals surface area contributed by atoms with Gasteiger partial charge in [-0.05, 0) is 54.2 Å². The van der Waals surface area contributed by atoms with E-state index in [0.717, 1.165) is 54.7 Å². The number of rotatable bonds is 17. The van der Waals surface area contributed by atoms with Gasteiger partial charge in [0.2, 0.25) is 11.8 Å². The van der Waals surface area contributed by atoms with Gasteiger partial charge in [-0.3, -0.25) is 9.59 Å². The summed E-state index contributed by atoms with van der Waals surface area (Å²) in [6, 6.07) is 22.2. The van der Waals surface area contributed by atoms with Gasteiger partial charge in [0.05, 0.1) is 20.2 Å². The first kappa shape index (κ1) is 31.0. The lowest BCUT2D eigenvalue weighted by molar-refractivity contribution is -0.141. The number of hydrogen-bond donors (Lipinski definition) is 0. The minimum atomic E-state index is -0.0244. The third-order valence-electron chi connectivity index (χ3n) is 7.23. The summed E-state index contributed by atoms with van der Waals surface area (Å²) in [7, 11) is 1.67. The minimum absolute atomic E-state index is 0.0244. The Kier molecular flexibility index (Phi) is 12.8. The normalized spacial score (nSPS) is 11.0. The topological polar surface area (TPSA) is 54.8 Å². The smallest absolute Gasteiger partial charge is 0.242 e. The highest BCUT2D eigenvalue weighted by molar-refractivity contribution is 5.84. The van der Waals surface area contributed by atoms with Crippen LogP contribution in [0.3, 0.4) is 0 Å². The Morgan fingerprint density at radius 3 is 2.35 bits per heavy atom. The number of nitrogens with zero attached hydrogens (tertiary/aromatic N) is 3. The van der Waals surface area contributed by atoms with Crippen molar-refractivity contribution in [1.82, 2.24) is 14.4 Å². The van der Waals surface area contributed by atoms with Crippen LogP contribution in [0.15, 0.2) is 72.9 Å². The number of hydrogen-bond acceptors (Lipinski definition) is 3. The molecule has 0 bridgehead atoms. The van der Waals surface area contributed by atoms with E-state index >= 15 is 0 Å². The number of amides is 2. The summed E-state index contributed by atoms with van der Waals surface area (Å²) in [5.41, 5.74) is 3.25. The number of methoxy groups -OCH3 is 1. The number of carbonyl (C=O) groups excluding carboxylic acids is 2. The molecule has 0 radical (unpaired) electrons. The minimum Gasteiger partial charge on any atom is -0.497 e. The molecule has 0 fully saturated rings. The zero-order chi connectivity index (χ0) is 28.7. The van der Waals surface area contributed by atoms with E-state index in [9.17, 15) is 9.59 Å². The molecule has 0 aliphatic rings. The number of benzene rings is 2. The van der Waals surface area contributed by atoms with Gasteiger partial charge in [-0.25, -0.2) is 0 Å². The first-order valence-electron chi connectivity index (χ1n) is 14.8. The lowest BCUT2D eigenvalue weighted by Gasteiger charge is -2.29. The Morgan fingerprint density at radius 2 is 1.62 bits per heavy atom. The fourth-order valence-corrected chi connectivity index (χ4v) is 4.78. The van der Waals surface area contributed by atoms with Crippen LogP contribution in [-0.4, -0.2) is 46.4 Å². The predicted octanol–water partition coefficient (Wildman–Crippen LogP) is 6.92. The molecule has 2 amide bonds. The van der Waals surface area contributed by atoms with Crippen LogP contribution in [-0.2, 0) is 29.2 Å². The van der Waals surface area contributed by atoms with Crippen LogP contribution >= 0.6 is 0 Å². The molecule has 0 unspecified atom stereocenters. The first-order chi connectivity index (χ1) is 19.4. The molecule has 0 atom stereocenters. The average Bonchev–Trinajstić information content (AvgIpc) is 3.39. The van der Waals surface area contributed by atoms with Crippen LogP contribution in [0.1, 0.15) is 76.1 Å². The van der Waals surface area contributed by atoms with E-state index in [0.29, 0.717) is 38.5 Å². The highest BCUT2D eigenvalue weighted by Crippen LogP contribution is 2.18. The molecular weight excluding hydrogens is 498 g/mol. The van der Waals surface area contributed by atoms with E-state index < -0.39 is 0 Å². The third-order valence-corrected chi connectivity index (χ3v) is 7.23. The van der Waals surface area contributed by atoms with Gasteiger partial charge >= 0.3 is 0 Å². The van der Waals surface area contributed by atoms with Crippen LogP contribution in [0.5, 0.6) is 5.75 Å². The standard InChI is InChI=1S/C34H47N3O3/c1-5-6-7-11-19-33(38)36(22-20-28(2)3)27-34(39)37(24-29-14-9-8-10-15-29)26-31-17-13-21-35(31)25-30-16-12-18-32(23-30)40-4/h8-10,12-18,21,23,28H,5-7,11,19-20,22,24-27H2,1-4H3. The molecule has 3 rings (SSSR count). The summed E-state index contributed by atoms with van der Waals surface area (Å²) in [5.74, 6) is 1.36. The van der Waals surface area contributed by atoms with Gasteiger partial charge in [-0.1, -0.05) is 82.5 Å². The fourth-order valence-electron chi connectivity index (χ4n) is 4.78. The summed E-state index contributed by atoms with van der Waals surface area (Å²) in [4.78, 5) is 30.8. The van der Waals surface area contributed by atoms with Crippen LogP contribution < -0.4 is 4.74 Å². The summed E-state index contributed by atoms with van der Waals surface area (Å²) in [6.45, 7) is 8.85. The summed E-state index contributed by atoms with van der Waals surface area (Å²) < 4.78 is 7.58. The quantitative estimate of drug-likeness (QED) is 0.173. The van der Waals surface area contributed by atoms with Crippen LogP contribution in [0.4, 0.5) is 0 Å². The van der Waals surface area contributed by atoms with Crippen molar-refractivity contribution in [1.29, 1.82) is 0 Å². The lowest BCUT2D eigenvalue weighted by atomic mass is 10.1. The molecule has 0 saturated carbocycles. The Balaban J connectivity index is 1.78. The van der Waals surface area contributed by atoms with Crippen molar-refractivity contribution in [2.75, 3.05) is 20.2 Å². The van der Waals surface area contributed by atoms with Crippen LogP contribution in [0.2, 0.25) is 0 Å². The highest BCUT2D eigenvalue weighted by Gasteiger charge is 2.22. The summed E-state index contributed by atoms with van der Waals surface area (Å²) >= 11 is 0. The molecule has 216 valence electrons. The maximum absolute atomic E-state index is 13.9. The van der Waals surface area contributed by atoms with Crippen molar-refractivity contribution in [3.63, 3.8) is 0 Å². The molecule has 6 nitrogen and oxygen atoms in total. The van der Waals surface area contributed by atoms with Gasteiger partial charge in [0, 0.05) is 37.9 Å². The maximum atomic E-state index is 13.9. The van der Waals surface area contributed by atoms with E-state index in [1.54, 1.807) is 12.0 Å². The SMILES string of the molecule is CCCCCCC(=O)N(CCC(C)C)CC(=O)N(Cc1ccccc1)Cc1cccn1Cc1cccc(OC)c1. The monoisotopic (exact) mass is 545 g/mol. The first-order valence-corrected chi connectivity index (χ1v) is 14.8. The average molecular weight is 546 g/mol. The van der Waals surface area contributed by atoms with E-state index in [2.05, 4.69) is 43.7 Å². The molecule has 0 aliphatic carbocycles. The summed E-state index contributed by atoms with van der Waals surface area (Å²) in [5, 5.41) is 0. The van der Waals surface area contributed by atoms with Crippen molar-refractivity contribution < 1.29 is 14.3 Å². The lowest BCUT2D eigenvalue weighted by Crippen LogP contribution is -2.43. The van der Waals surface area contributed by atoms with Crippen molar-refractivity contribution in [2.24, 2.45) is 5.92 Å². The molecule has 2 aromatic carbocycles. The van der Waals surface area contributed by atoms with Crippen molar-refractivity contribution in [2.45, 2.75) is 78.9 Å². The largest absolute Gasteiger partial charge is 0.497 e. The van der Waals surface area contributed by atoms with Crippen molar-refractivity contribution in [3.05, 3.63) is 89.7 Å². The molecule has 40 heavy (non-hydrogen) atoms. The Labute approximate surface area is 240 Å². The van der Waals surface area contributed by atoms with Crippen molar-refractivity contribution in [3.8, 4) is 5.75 Å². The van der Waals surface area contributed by atoms with Gasteiger partial charge in [0.25, 0.3) is 0 Å². The van der Waals surface area contributed by atoms with Crippen molar-refractivity contribution >= 4 is 11.8 Å². The fraction of sp³-hybridized carbons (Fsp3) is 0.471. The molecule has 0 saturated heterocycles. The van der Waals surface area contributed by atoms with Gasteiger partial charge in [-0.2, -0.15) is 0 Å². The maximum Gasteiger partial charge on any atom is 0.242 e. The second-order valence-corrected chi connectivity index (χ2v) is 11.0. The van der Waals surface area contributed by atoms with Gasteiger partial charge in [0.15, 0.2) is 0 Å². The molecule has 1 aromatic heterocycles. The molecular formula is C34H47N3O3. The van der Waals surface area contributed by atoms with Crippen LogP contribution in [0.25, 0.3) is 0 Å². The molecule has 0 spiro atoms. The third kappa shape index (κ3) is 10.2. The van der Waals surface area contributed by atoms with E-state index in [1.165, 1.54) is 0 Å². The molecule has 0 N–H and O–H groups in total. The van der Waals surface area contributed by atoms with Gasteiger partial charge in [0.1, 0.15) is 5.75 Å². The van der Waals surface area contributed by atoms with E-state index in [4.69, 9.17) is 4.74 Å². The number of ether oxygens (including phenoxy) is 1. The molecule has 0 aliphatic heterocycles. The molecule has 1 heterocycles.